The summed E-state index contributed by atoms with van der Waals surface area (Å²) in [5.74, 6) is 0.705. The Morgan fingerprint density at radius 3 is 2.77 bits per heavy atom. The van der Waals surface area contributed by atoms with Gasteiger partial charge in [0.05, 0.1) is 4.88 Å². The Balaban J connectivity index is 2.29. The van der Waals surface area contributed by atoms with E-state index >= 15 is 0 Å². The molecule has 1 N–H and O–H groups in total. The van der Waals surface area contributed by atoms with E-state index in [4.69, 9.17) is 0 Å². The SMILES string of the molecule is Cc1ccc(C2=NC(C)C(=O)N2)s1. The van der Waals surface area contributed by atoms with Gasteiger partial charge < -0.3 is 5.32 Å². The monoisotopic (exact) mass is 194 g/mol. The van der Waals surface area contributed by atoms with Crippen molar-refractivity contribution >= 4 is 23.1 Å². The summed E-state index contributed by atoms with van der Waals surface area (Å²) in [6.45, 7) is 3.83. The van der Waals surface area contributed by atoms with Crippen LogP contribution in [0.3, 0.4) is 0 Å². The van der Waals surface area contributed by atoms with Crippen molar-refractivity contribution in [1.29, 1.82) is 0 Å². The molecule has 0 fully saturated rings. The molecule has 1 unspecified atom stereocenters. The molecule has 0 spiro atoms. The zero-order valence-corrected chi connectivity index (χ0v) is 8.31. The van der Waals surface area contributed by atoms with Gasteiger partial charge in [0.25, 0.3) is 0 Å². The Labute approximate surface area is 80.5 Å². The lowest BCUT2D eigenvalue weighted by molar-refractivity contribution is -0.119. The van der Waals surface area contributed by atoms with Crippen LogP contribution in [0, 0.1) is 6.92 Å². The summed E-state index contributed by atoms with van der Waals surface area (Å²) >= 11 is 1.64. The molecule has 0 aromatic carbocycles. The molecule has 0 aliphatic carbocycles. The number of carbonyl (C=O) groups is 1. The summed E-state index contributed by atoms with van der Waals surface area (Å²) in [5, 5.41) is 2.75. The van der Waals surface area contributed by atoms with Crippen molar-refractivity contribution < 1.29 is 4.79 Å². The summed E-state index contributed by atoms with van der Waals surface area (Å²) in [5.41, 5.74) is 0. The number of rotatable bonds is 1. The smallest absolute Gasteiger partial charge is 0.250 e. The second kappa shape index (κ2) is 2.96. The van der Waals surface area contributed by atoms with Crippen molar-refractivity contribution in [1.82, 2.24) is 5.32 Å². The predicted octanol–water partition coefficient (Wildman–Crippen LogP) is 1.32. The number of hydrogen-bond acceptors (Lipinski definition) is 3. The van der Waals surface area contributed by atoms with Crippen LogP contribution in [-0.4, -0.2) is 17.8 Å². The predicted molar refractivity (Wildman–Crippen MR) is 53.2 cm³/mol. The first-order valence-electron chi connectivity index (χ1n) is 4.12. The normalized spacial score (nSPS) is 21.5. The third-order valence-corrected chi connectivity index (χ3v) is 2.92. The maximum absolute atomic E-state index is 11.1. The number of nitrogens with one attached hydrogen (secondary N) is 1. The van der Waals surface area contributed by atoms with Gasteiger partial charge in [-0.15, -0.1) is 11.3 Å². The number of amides is 1. The summed E-state index contributed by atoms with van der Waals surface area (Å²) in [6, 6.07) is 3.77. The Kier molecular flexibility index (Phi) is 1.92. The lowest BCUT2D eigenvalue weighted by atomic mass is 10.4. The van der Waals surface area contributed by atoms with Crippen LogP contribution in [0.15, 0.2) is 17.1 Å². The molecule has 1 aliphatic heterocycles. The van der Waals surface area contributed by atoms with Gasteiger partial charge in [0.2, 0.25) is 5.91 Å². The van der Waals surface area contributed by atoms with E-state index in [1.165, 1.54) is 4.88 Å². The number of aryl methyl sites for hydroxylation is 1. The summed E-state index contributed by atoms with van der Waals surface area (Å²) in [7, 11) is 0. The van der Waals surface area contributed by atoms with Crippen LogP contribution in [0.4, 0.5) is 0 Å². The van der Waals surface area contributed by atoms with E-state index in [0.29, 0.717) is 0 Å². The van der Waals surface area contributed by atoms with Gasteiger partial charge >= 0.3 is 0 Å². The molecule has 0 saturated heterocycles. The molecule has 0 bridgehead atoms. The second-order valence-corrected chi connectivity index (χ2v) is 4.34. The van der Waals surface area contributed by atoms with Crippen molar-refractivity contribution in [2.45, 2.75) is 19.9 Å². The van der Waals surface area contributed by atoms with Gasteiger partial charge in [0.15, 0.2) is 0 Å². The van der Waals surface area contributed by atoms with Crippen molar-refractivity contribution in [3.8, 4) is 0 Å². The zero-order valence-electron chi connectivity index (χ0n) is 7.50. The first kappa shape index (κ1) is 8.44. The highest BCUT2D eigenvalue weighted by Gasteiger charge is 2.23. The van der Waals surface area contributed by atoms with E-state index in [0.717, 1.165) is 10.7 Å². The molecule has 4 heteroatoms. The highest BCUT2D eigenvalue weighted by molar-refractivity contribution is 7.14. The fraction of sp³-hybridized carbons (Fsp3) is 0.333. The van der Waals surface area contributed by atoms with E-state index < -0.39 is 0 Å². The minimum absolute atomic E-state index is 0.0129. The molecule has 1 aromatic rings. The lowest BCUT2D eigenvalue weighted by Crippen LogP contribution is -2.27. The third kappa shape index (κ3) is 1.49. The van der Waals surface area contributed by atoms with Gasteiger partial charge in [0.1, 0.15) is 11.9 Å². The lowest BCUT2D eigenvalue weighted by Gasteiger charge is -1.94. The maximum Gasteiger partial charge on any atom is 0.250 e. The van der Waals surface area contributed by atoms with E-state index in [2.05, 4.69) is 10.3 Å². The minimum atomic E-state index is -0.239. The fourth-order valence-electron chi connectivity index (χ4n) is 1.19. The number of hydrogen-bond donors (Lipinski definition) is 1. The Bertz CT molecular complexity index is 381. The van der Waals surface area contributed by atoms with E-state index in [-0.39, 0.29) is 11.9 Å². The van der Waals surface area contributed by atoms with Crippen LogP contribution in [0.25, 0.3) is 0 Å². The molecule has 1 aliphatic rings. The highest BCUT2D eigenvalue weighted by atomic mass is 32.1. The maximum atomic E-state index is 11.1. The van der Waals surface area contributed by atoms with Crippen LogP contribution in [0.1, 0.15) is 16.7 Å². The van der Waals surface area contributed by atoms with Crippen LogP contribution in [0.2, 0.25) is 0 Å². The Morgan fingerprint density at radius 2 is 2.31 bits per heavy atom. The molecule has 0 radical (unpaired) electrons. The van der Waals surface area contributed by atoms with Crippen molar-refractivity contribution in [3.63, 3.8) is 0 Å². The zero-order chi connectivity index (χ0) is 9.42. The number of nitrogens with zero attached hydrogens (tertiary/aromatic N) is 1. The molecule has 3 nitrogen and oxygen atoms in total. The summed E-state index contributed by atoms with van der Waals surface area (Å²) < 4.78 is 0. The molecular formula is C9H10N2OS. The Morgan fingerprint density at radius 1 is 1.54 bits per heavy atom. The van der Waals surface area contributed by atoms with Crippen molar-refractivity contribution in [3.05, 3.63) is 21.9 Å². The molecule has 1 aromatic heterocycles. The van der Waals surface area contributed by atoms with Crippen molar-refractivity contribution in [2.24, 2.45) is 4.99 Å². The summed E-state index contributed by atoms with van der Waals surface area (Å²) in [6.07, 6.45) is 0. The van der Waals surface area contributed by atoms with Gasteiger partial charge in [0, 0.05) is 4.88 Å². The van der Waals surface area contributed by atoms with Crippen LogP contribution in [-0.2, 0) is 4.79 Å². The number of amidine groups is 1. The highest BCUT2D eigenvalue weighted by Crippen LogP contribution is 2.17. The fourth-order valence-corrected chi connectivity index (χ4v) is 2.01. The average molecular weight is 194 g/mol. The average Bonchev–Trinajstić information content (AvgIpc) is 2.61. The van der Waals surface area contributed by atoms with E-state index in [1.807, 2.05) is 19.1 Å². The van der Waals surface area contributed by atoms with E-state index in [9.17, 15) is 4.79 Å². The Hall–Kier alpha value is -1.16. The molecule has 13 heavy (non-hydrogen) atoms. The first-order valence-corrected chi connectivity index (χ1v) is 4.94. The van der Waals surface area contributed by atoms with Gasteiger partial charge in [-0.25, -0.2) is 0 Å². The van der Waals surface area contributed by atoms with Gasteiger partial charge in [-0.1, -0.05) is 0 Å². The van der Waals surface area contributed by atoms with Crippen LogP contribution < -0.4 is 5.32 Å². The van der Waals surface area contributed by atoms with Crippen molar-refractivity contribution in [2.75, 3.05) is 0 Å². The molecule has 1 atom stereocenters. The van der Waals surface area contributed by atoms with E-state index in [1.54, 1.807) is 18.3 Å². The quantitative estimate of drug-likeness (QED) is 0.719. The molecular weight excluding hydrogens is 184 g/mol. The molecule has 2 heterocycles. The molecule has 1 amide bonds. The standard InChI is InChI=1S/C9H10N2OS/c1-5-3-4-7(13-5)8-10-6(2)9(12)11-8/h3-4,6H,1-2H3,(H,10,11,12). The number of thiophene rings is 1. The topological polar surface area (TPSA) is 41.5 Å². The van der Waals surface area contributed by atoms with Crippen LogP contribution >= 0.6 is 11.3 Å². The second-order valence-electron chi connectivity index (χ2n) is 3.05. The minimum Gasteiger partial charge on any atom is -0.308 e. The molecule has 68 valence electrons. The number of carbonyl (C=O) groups excluding carboxylic acids is 1. The molecule has 2 rings (SSSR count). The van der Waals surface area contributed by atoms with Crippen LogP contribution in [0.5, 0.6) is 0 Å². The van der Waals surface area contributed by atoms with Gasteiger partial charge in [-0.05, 0) is 26.0 Å². The summed E-state index contributed by atoms with van der Waals surface area (Å²) in [4.78, 5) is 17.6. The largest absolute Gasteiger partial charge is 0.308 e. The number of aliphatic imine (C=N–C) groups is 1. The third-order valence-electron chi connectivity index (χ3n) is 1.92. The van der Waals surface area contributed by atoms with Gasteiger partial charge in [-0.3, -0.25) is 9.79 Å². The molecule has 0 saturated carbocycles. The van der Waals surface area contributed by atoms with Gasteiger partial charge in [-0.2, -0.15) is 0 Å². The first-order chi connectivity index (χ1) is 6.16.